The largest absolute Gasteiger partial charge is 0.397 e. The lowest BCUT2D eigenvalue weighted by molar-refractivity contribution is 0.577. The Labute approximate surface area is 132 Å². The lowest BCUT2D eigenvalue weighted by atomic mass is 10.2. The highest BCUT2D eigenvalue weighted by molar-refractivity contribution is 9.10. The van der Waals surface area contributed by atoms with E-state index in [9.17, 15) is 8.78 Å². The lowest BCUT2D eigenvalue weighted by Crippen LogP contribution is -1.93. The molecule has 6 heteroatoms. The molecule has 0 fully saturated rings. The van der Waals surface area contributed by atoms with Crippen LogP contribution in [0.4, 0.5) is 14.5 Å². The average molecular weight is 367 g/mol. The fourth-order valence-corrected chi connectivity index (χ4v) is 3.30. The number of fused-ring (bicyclic) bond motifs is 1. The van der Waals surface area contributed by atoms with Gasteiger partial charge in [-0.25, -0.2) is 8.78 Å². The van der Waals surface area contributed by atoms with Gasteiger partial charge in [0.05, 0.1) is 22.3 Å². The Morgan fingerprint density at radius 1 is 1.10 bits per heavy atom. The van der Waals surface area contributed by atoms with Crippen LogP contribution in [-0.2, 0) is 0 Å². The number of hydrogen-bond donors (Lipinski definition) is 1. The molecule has 0 unspecified atom stereocenters. The first-order valence-corrected chi connectivity index (χ1v) is 7.62. The highest BCUT2D eigenvalue weighted by Gasteiger charge is 2.12. The van der Waals surface area contributed by atoms with Gasteiger partial charge in [0.1, 0.15) is 11.6 Å². The smallest absolute Gasteiger partial charge is 0.137 e. The minimum absolute atomic E-state index is 0.189. The summed E-state index contributed by atoms with van der Waals surface area (Å²) in [5.41, 5.74) is 7.13. The van der Waals surface area contributed by atoms with Gasteiger partial charge in [0.2, 0.25) is 0 Å². The van der Waals surface area contributed by atoms with Gasteiger partial charge >= 0.3 is 0 Å². The Morgan fingerprint density at radius 3 is 2.71 bits per heavy atom. The van der Waals surface area contributed by atoms with Crippen LogP contribution >= 0.6 is 27.7 Å². The average Bonchev–Trinajstić information content (AvgIpc) is 2.46. The van der Waals surface area contributed by atoms with Crippen molar-refractivity contribution in [2.45, 2.75) is 9.79 Å². The Balaban J connectivity index is 2.17. The second-order valence-corrected chi connectivity index (χ2v) is 6.35. The van der Waals surface area contributed by atoms with Crippen molar-refractivity contribution in [1.82, 2.24) is 4.98 Å². The number of halogens is 3. The third kappa shape index (κ3) is 2.87. The van der Waals surface area contributed by atoms with Crippen LogP contribution in [0, 0.1) is 11.6 Å². The molecule has 1 heterocycles. The number of nitrogens with two attached hydrogens (primary N) is 1. The highest BCUT2D eigenvalue weighted by atomic mass is 79.9. The third-order valence-corrected chi connectivity index (χ3v) is 4.60. The first-order chi connectivity index (χ1) is 10.0. The summed E-state index contributed by atoms with van der Waals surface area (Å²) in [4.78, 5) is 5.08. The van der Waals surface area contributed by atoms with Crippen molar-refractivity contribution in [3.05, 3.63) is 58.7 Å². The van der Waals surface area contributed by atoms with Gasteiger partial charge in [0.25, 0.3) is 0 Å². The van der Waals surface area contributed by atoms with E-state index in [2.05, 4.69) is 20.9 Å². The summed E-state index contributed by atoms with van der Waals surface area (Å²) in [6.07, 6.45) is 1.52. The van der Waals surface area contributed by atoms with Gasteiger partial charge in [-0.05, 0) is 36.4 Å². The number of nitrogen functional groups attached to an aromatic ring is 1. The molecule has 0 aliphatic rings. The van der Waals surface area contributed by atoms with Gasteiger partial charge in [0, 0.05) is 14.8 Å². The molecule has 21 heavy (non-hydrogen) atoms. The molecule has 0 aliphatic carbocycles. The van der Waals surface area contributed by atoms with E-state index in [4.69, 9.17) is 5.73 Å². The van der Waals surface area contributed by atoms with Crippen molar-refractivity contribution >= 4 is 44.3 Å². The molecule has 2 nitrogen and oxygen atoms in total. The van der Waals surface area contributed by atoms with Crippen LogP contribution in [0.3, 0.4) is 0 Å². The standard InChI is InChI=1S/C15H9BrF2N2S/c16-8-1-4-13-10(5-8)15(12(19)7-20-13)21-14-6-9(17)2-3-11(14)18/h1-7H,19H2. The molecule has 106 valence electrons. The van der Waals surface area contributed by atoms with E-state index in [0.717, 1.165) is 45.3 Å². The molecule has 0 atom stereocenters. The monoisotopic (exact) mass is 366 g/mol. The summed E-state index contributed by atoms with van der Waals surface area (Å²) in [6.45, 7) is 0. The normalized spacial score (nSPS) is 11.0. The van der Waals surface area contributed by atoms with Gasteiger partial charge in [-0.3, -0.25) is 4.98 Å². The maximum atomic E-state index is 13.8. The van der Waals surface area contributed by atoms with Gasteiger partial charge in [-0.2, -0.15) is 0 Å². The molecular formula is C15H9BrF2N2S. The lowest BCUT2D eigenvalue weighted by Gasteiger charge is -2.10. The predicted molar refractivity (Wildman–Crippen MR) is 84.3 cm³/mol. The summed E-state index contributed by atoms with van der Waals surface area (Å²) < 4.78 is 28.0. The summed E-state index contributed by atoms with van der Waals surface area (Å²) in [5.74, 6) is -0.974. The number of nitrogens with zero attached hydrogens (tertiary/aromatic N) is 1. The second-order valence-electron chi connectivity index (χ2n) is 4.38. The Morgan fingerprint density at radius 2 is 1.90 bits per heavy atom. The van der Waals surface area contributed by atoms with E-state index in [1.165, 1.54) is 6.20 Å². The van der Waals surface area contributed by atoms with Crippen LogP contribution in [0.15, 0.2) is 56.9 Å². The van der Waals surface area contributed by atoms with Crippen molar-refractivity contribution in [2.24, 2.45) is 0 Å². The van der Waals surface area contributed by atoms with Crippen molar-refractivity contribution in [3.63, 3.8) is 0 Å². The summed E-state index contributed by atoms with van der Waals surface area (Å²) in [5, 5.41) is 0.790. The molecule has 0 aliphatic heterocycles. The fraction of sp³-hybridized carbons (Fsp3) is 0. The predicted octanol–water partition coefficient (Wildman–Crippen LogP) is 5.01. The van der Waals surface area contributed by atoms with Gasteiger partial charge in [-0.1, -0.05) is 27.7 Å². The Kier molecular flexibility index (Phi) is 3.82. The number of hydrogen-bond acceptors (Lipinski definition) is 3. The molecule has 1 aromatic heterocycles. The third-order valence-electron chi connectivity index (χ3n) is 2.91. The topological polar surface area (TPSA) is 38.9 Å². The molecule has 0 saturated carbocycles. The number of pyridine rings is 1. The molecule has 0 saturated heterocycles. The second kappa shape index (κ2) is 5.61. The molecular weight excluding hydrogens is 358 g/mol. The van der Waals surface area contributed by atoms with Crippen molar-refractivity contribution in [3.8, 4) is 0 Å². The van der Waals surface area contributed by atoms with Crippen molar-refractivity contribution in [2.75, 3.05) is 5.73 Å². The van der Waals surface area contributed by atoms with E-state index in [-0.39, 0.29) is 4.90 Å². The van der Waals surface area contributed by atoms with E-state index in [0.29, 0.717) is 10.6 Å². The molecule has 0 amide bonds. The molecule has 3 rings (SSSR count). The molecule has 0 spiro atoms. The van der Waals surface area contributed by atoms with Gasteiger partial charge in [0.15, 0.2) is 0 Å². The van der Waals surface area contributed by atoms with Crippen molar-refractivity contribution in [1.29, 1.82) is 0 Å². The maximum absolute atomic E-state index is 13.8. The number of rotatable bonds is 2. The van der Waals surface area contributed by atoms with Crippen molar-refractivity contribution < 1.29 is 8.78 Å². The quantitative estimate of drug-likeness (QED) is 0.692. The summed E-state index contributed by atoms with van der Waals surface area (Å²) in [7, 11) is 0. The molecule has 0 radical (unpaired) electrons. The zero-order valence-corrected chi connectivity index (χ0v) is 13.0. The Hall–Kier alpha value is -1.66. The van der Waals surface area contributed by atoms with Crippen LogP contribution in [0.2, 0.25) is 0 Å². The first kappa shape index (κ1) is 14.3. The SMILES string of the molecule is Nc1cnc2ccc(Br)cc2c1Sc1cc(F)ccc1F. The zero-order valence-electron chi connectivity index (χ0n) is 10.6. The van der Waals surface area contributed by atoms with E-state index in [1.807, 2.05) is 18.2 Å². The van der Waals surface area contributed by atoms with Gasteiger partial charge < -0.3 is 5.73 Å². The highest BCUT2D eigenvalue weighted by Crippen LogP contribution is 2.39. The van der Waals surface area contributed by atoms with Gasteiger partial charge in [-0.15, -0.1) is 0 Å². The molecule has 2 aromatic carbocycles. The first-order valence-electron chi connectivity index (χ1n) is 6.01. The minimum atomic E-state index is -0.489. The molecule has 3 aromatic rings. The zero-order chi connectivity index (χ0) is 15.0. The fourth-order valence-electron chi connectivity index (χ4n) is 1.94. The number of anilines is 1. The van der Waals surface area contributed by atoms with Crippen LogP contribution < -0.4 is 5.73 Å². The number of benzene rings is 2. The summed E-state index contributed by atoms with van der Waals surface area (Å²) >= 11 is 4.48. The van der Waals surface area contributed by atoms with Crippen LogP contribution in [-0.4, -0.2) is 4.98 Å². The molecule has 2 N–H and O–H groups in total. The van der Waals surface area contributed by atoms with Crippen LogP contribution in [0.1, 0.15) is 0 Å². The van der Waals surface area contributed by atoms with Crippen LogP contribution in [0.25, 0.3) is 10.9 Å². The van der Waals surface area contributed by atoms with E-state index >= 15 is 0 Å². The van der Waals surface area contributed by atoms with Crippen LogP contribution in [0.5, 0.6) is 0 Å². The minimum Gasteiger partial charge on any atom is -0.397 e. The van der Waals surface area contributed by atoms with E-state index in [1.54, 1.807) is 0 Å². The Bertz CT molecular complexity index is 834. The maximum Gasteiger partial charge on any atom is 0.137 e. The van der Waals surface area contributed by atoms with E-state index < -0.39 is 11.6 Å². The number of aromatic nitrogens is 1. The summed E-state index contributed by atoms with van der Waals surface area (Å²) in [6, 6.07) is 8.91. The molecule has 0 bridgehead atoms.